The van der Waals surface area contributed by atoms with E-state index in [4.69, 9.17) is 0 Å². The zero-order valence-electron chi connectivity index (χ0n) is 11.3. The van der Waals surface area contributed by atoms with Crippen LogP contribution in [0.15, 0.2) is 40.6 Å². The van der Waals surface area contributed by atoms with Crippen molar-refractivity contribution in [1.29, 1.82) is 0 Å². The number of sulfone groups is 1. The third-order valence-electron chi connectivity index (χ3n) is 3.74. The summed E-state index contributed by atoms with van der Waals surface area (Å²) >= 11 is 1.73. The van der Waals surface area contributed by atoms with Crippen LogP contribution in [0.2, 0.25) is 0 Å². The van der Waals surface area contributed by atoms with E-state index in [1.165, 1.54) is 10.4 Å². The summed E-state index contributed by atoms with van der Waals surface area (Å²) in [6, 6.07) is 9.34. The fraction of sp³-hybridized carbons (Fsp3) is 0.333. The molecule has 106 valence electrons. The van der Waals surface area contributed by atoms with E-state index in [2.05, 4.69) is 23.7 Å². The quantitative estimate of drug-likeness (QED) is 0.944. The van der Waals surface area contributed by atoms with Gasteiger partial charge in [0.2, 0.25) is 0 Å². The zero-order chi connectivity index (χ0) is 14.2. The summed E-state index contributed by atoms with van der Waals surface area (Å²) < 4.78 is 24.2. The fourth-order valence-electron chi connectivity index (χ4n) is 2.67. The second-order valence-electron chi connectivity index (χ2n) is 4.98. The lowest BCUT2D eigenvalue weighted by Gasteiger charge is -2.12. The number of aryl methyl sites for hydroxylation is 1. The smallest absolute Gasteiger partial charge is 0.180 e. The standard InChI is InChI=1S/C15H17NO2S2/c1-2-11-7-8-19-14(11)9-16-13-10-20(17,18)15-6-4-3-5-12(13)15/h3-8,13,16H,2,9-10H2,1H3. The van der Waals surface area contributed by atoms with Gasteiger partial charge in [0.05, 0.1) is 10.6 Å². The van der Waals surface area contributed by atoms with Gasteiger partial charge < -0.3 is 5.32 Å². The molecule has 1 aliphatic rings. The lowest BCUT2D eigenvalue weighted by molar-refractivity contribution is 0.568. The Kier molecular flexibility index (Phi) is 3.67. The second-order valence-corrected chi connectivity index (χ2v) is 7.98. The largest absolute Gasteiger partial charge is 0.304 e. The molecule has 0 bridgehead atoms. The molecule has 2 heterocycles. The molecule has 2 aromatic rings. The molecule has 0 saturated heterocycles. The monoisotopic (exact) mass is 307 g/mol. The molecule has 5 heteroatoms. The van der Waals surface area contributed by atoms with E-state index in [1.807, 2.05) is 12.1 Å². The minimum atomic E-state index is -3.12. The first kappa shape index (κ1) is 13.8. The molecular formula is C15H17NO2S2. The molecule has 0 fully saturated rings. The Morgan fingerprint density at radius 2 is 2.10 bits per heavy atom. The van der Waals surface area contributed by atoms with E-state index < -0.39 is 9.84 Å². The second kappa shape index (κ2) is 5.31. The van der Waals surface area contributed by atoms with Crippen LogP contribution in [0, 0.1) is 0 Å². The van der Waals surface area contributed by atoms with Crippen LogP contribution in [-0.4, -0.2) is 14.2 Å². The zero-order valence-corrected chi connectivity index (χ0v) is 12.9. The van der Waals surface area contributed by atoms with Gasteiger partial charge >= 0.3 is 0 Å². The average molecular weight is 307 g/mol. The number of benzene rings is 1. The first-order valence-corrected chi connectivity index (χ1v) is 9.25. The maximum absolute atomic E-state index is 12.1. The lowest BCUT2D eigenvalue weighted by Crippen LogP contribution is -2.22. The highest BCUT2D eigenvalue weighted by atomic mass is 32.2. The third-order valence-corrected chi connectivity index (χ3v) is 6.52. The number of fused-ring (bicyclic) bond motifs is 1. The molecule has 3 nitrogen and oxygen atoms in total. The van der Waals surface area contributed by atoms with Crippen LogP contribution in [0.5, 0.6) is 0 Å². The summed E-state index contributed by atoms with van der Waals surface area (Å²) in [5.74, 6) is 0.166. The van der Waals surface area contributed by atoms with Crippen LogP contribution in [0.25, 0.3) is 0 Å². The molecular weight excluding hydrogens is 290 g/mol. The summed E-state index contributed by atoms with van der Waals surface area (Å²) in [6.45, 7) is 2.87. The van der Waals surface area contributed by atoms with Crippen molar-refractivity contribution in [1.82, 2.24) is 5.32 Å². The Balaban J connectivity index is 1.80. The van der Waals surface area contributed by atoms with Gasteiger partial charge in [-0.05, 0) is 35.1 Å². The molecule has 0 aliphatic carbocycles. The first-order valence-electron chi connectivity index (χ1n) is 6.72. The van der Waals surface area contributed by atoms with Gasteiger partial charge in [-0.2, -0.15) is 0 Å². The Bertz CT molecular complexity index is 719. The van der Waals surface area contributed by atoms with Crippen molar-refractivity contribution >= 4 is 21.2 Å². The highest BCUT2D eigenvalue weighted by Gasteiger charge is 2.33. The maximum Gasteiger partial charge on any atom is 0.180 e. The van der Waals surface area contributed by atoms with Gasteiger partial charge in [0.15, 0.2) is 9.84 Å². The van der Waals surface area contributed by atoms with Crippen molar-refractivity contribution in [2.45, 2.75) is 30.8 Å². The minimum Gasteiger partial charge on any atom is -0.304 e. The van der Waals surface area contributed by atoms with Crippen molar-refractivity contribution in [3.05, 3.63) is 51.7 Å². The van der Waals surface area contributed by atoms with E-state index in [-0.39, 0.29) is 11.8 Å². The molecule has 3 rings (SSSR count). The van der Waals surface area contributed by atoms with Crippen LogP contribution < -0.4 is 5.32 Å². The van der Waals surface area contributed by atoms with Crippen LogP contribution in [0.1, 0.15) is 29.0 Å². The van der Waals surface area contributed by atoms with Crippen molar-refractivity contribution < 1.29 is 8.42 Å². The molecule has 1 atom stereocenters. The van der Waals surface area contributed by atoms with Crippen molar-refractivity contribution in [2.24, 2.45) is 0 Å². The summed E-state index contributed by atoms with van der Waals surface area (Å²) in [6.07, 6.45) is 1.01. The number of hydrogen-bond donors (Lipinski definition) is 1. The predicted molar refractivity (Wildman–Crippen MR) is 81.8 cm³/mol. The van der Waals surface area contributed by atoms with Gasteiger partial charge in [-0.25, -0.2) is 8.42 Å². The Morgan fingerprint density at radius 3 is 2.90 bits per heavy atom. The Hall–Kier alpha value is -1.17. The fourth-order valence-corrected chi connectivity index (χ4v) is 5.37. The van der Waals surface area contributed by atoms with E-state index in [0.717, 1.165) is 18.5 Å². The van der Waals surface area contributed by atoms with E-state index >= 15 is 0 Å². The molecule has 1 N–H and O–H groups in total. The molecule has 0 amide bonds. The topological polar surface area (TPSA) is 46.2 Å². The van der Waals surface area contributed by atoms with Gasteiger partial charge in [0, 0.05) is 17.5 Å². The van der Waals surface area contributed by atoms with Gasteiger partial charge in [0.25, 0.3) is 0 Å². The van der Waals surface area contributed by atoms with Crippen molar-refractivity contribution in [2.75, 3.05) is 5.75 Å². The molecule has 1 aliphatic heterocycles. The van der Waals surface area contributed by atoms with Gasteiger partial charge in [0.1, 0.15) is 0 Å². The average Bonchev–Trinajstić information content (AvgIpc) is 3.00. The van der Waals surface area contributed by atoms with Gasteiger partial charge in [-0.15, -0.1) is 11.3 Å². The summed E-state index contributed by atoms with van der Waals surface area (Å²) in [7, 11) is -3.12. The molecule has 1 aromatic heterocycles. The van der Waals surface area contributed by atoms with E-state index in [1.54, 1.807) is 23.5 Å². The lowest BCUT2D eigenvalue weighted by atomic mass is 10.1. The number of thiophene rings is 1. The molecule has 1 unspecified atom stereocenters. The molecule has 0 spiro atoms. The highest BCUT2D eigenvalue weighted by Crippen LogP contribution is 2.33. The number of hydrogen-bond acceptors (Lipinski definition) is 4. The highest BCUT2D eigenvalue weighted by molar-refractivity contribution is 7.91. The molecule has 0 saturated carbocycles. The first-order chi connectivity index (χ1) is 9.62. The molecule has 20 heavy (non-hydrogen) atoms. The number of rotatable bonds is 4. The van der Waals surface area contributed by atoms with Crippen LogP contribution >= 0.6 is 11.3 Å². The van der Waals surface area contributed by atoms with Crippen LogP contribution in [0.4, 0.5) is 0 Å². The summed E-state index contributed by atoms with van der Waals surface area (Å²) in [5.41, 5.74) is 2.25. The van der Waals surface area contributed by atoms with Crippen molar-refractivity contribution in [3.8, 4) is 0 Å². The van der Waals surface area contributed by atoms with E-state index in [9.17, 15) is 8.42 Å². The Morgan fingerprint density at radius 1 is 1.30 bits per heavy atom. The minimum absolute atomic E-state index is 0.0944. The van der Waals surface area contributed by atoms with Crippen LogP contribution in [0.3, 0.4) is 0 Å². The third kappa shape index (κ3) is 2.41. The molecule has 0 radical (unpaired) electrons. The van der Waals surface area contributed by atoms with Gasteiger partial charge in [-0.3, -0.25) is 0 Å². The maximum atomic E-state index is 12.1. The van der Waals surface area contributed by atoms with Crippen LogP contribution in [-0.2, 0) is 22.8 Å². The normalized spacial score (nSPS) is 19.9. The van der Waals surface area contributed by atoms with E-state index in [0.29, 0.717) is 4.90 Å². The summed E-state index contributed by atoms with van der Waals surface area (Å²) in [4.78, 5) is 1.79. The number of nitrogens with one attached hydrogen (secondary N) is 1. The summed E-state index contributed by atoms with van der Waals surface area (Å²) in [5, 5.41) is 5.49. The van der Waals surface area contributed by atoms with Gasteiger partial charge in [-0.1, -0.05) is 25.1 Å². The molecule has 1 aromatic carbocycles. The Labute approximate surface area is 123 Å². The van der Waals surface area contributed by atoms with Crippen molar-refractivity contribution in [3.63, 3.8) is 0 Å². The predicted octanol–water partition coefficient (Wildman–Crippen LogP) is 2.93. The SMILES string of the molecule is CCc1ccsc1CNC1CS(=O)(=O)c2ccccc21.